The maximum atomic E-state index is 13.8. The molecular formula is C21H24FN3O4S. The summed E-state index contributed by atoms with van der Waals surface area (Å²) < 4.78 is 40.7. The number of anilines is 1. The van der Waals surface area contributed by atoms with E-state index in [0.717, 1.165) is 30.5 Å². The summed E-state index contributed by atoms with van der Waals surface area (Å²) in [4.78, 5) is 25.7. The first-order chi connectivity index (χ1) is 14.3. The van der Waals surface area contributed by atoms with Gasteiger partial charge in [0.25, 0.3) is 0 Å². The first-order valence-electron chi connectivity index (χ1n) is 9.71. The Balaban J connectivity index is 1.64. The zero-order valence-corrected chi connectivity index (χ0v) is 17.4. The largest absolute Gasteiger partial charge is 0.338 e. The quantitative estimate of drug-likeness (QED) is 0.702. The third kappa shape index (κ3) is 5.43. The van der Waals surface area contributed by atoms with Crippen LogP contribution in [0.2, 0.25) is 0 Å². The Hall–Kier alpha value is -2.78. The molecule has 2 N–H and O–H groups in total. The lowest BCUT2D eigenvalue weighted by Crippen LogP contribution is -2.41. The number of hydrogen-bond acceptors (Lipinski definition) is 4. The predicted octanol–water partition coefficient (Wildman–Crippen LogP) is 2.64. The van der Waals surface area contributed by atoms with Gasteiger partial charge in [-0.3, -0.25) is 9.59 Å². The van der Waals surface area contributed by atoms with E-state index in [1.165, 1.54) is 19.1 Å². The zero-order chi connectivity index (χ0) is 21.7. The Kier molecular flexibility index (Phi) is 6.84. The van der Waals surface area contributed by atoms with Crippen LogP contribution in [-0.2, 0) is 26.2 Å². The Morgan fingerprint density at radius 3 is 2.67 bits per heavy atom. The van der Waals surface area contributed by atoms with Crippen molar-refractivity contribution in [3.05, 3.63) is 59.9 Å². The molecule has 9 heteroatoms. The number of nitrogens with one attached hydrogen (secondary N) is 2. The molecule has 7 nitrogen and oxygen atoms in total. The number of carbonyl (C=O) groups is 2. The van der Waals surface area contributed by atoms with Crippen molar-refractivity contribution in [2.75, 3.05) is 11.9 Å². The van der Waals surface area contributed by atoms with Gasteiger partial charge in [-0.25, -0.2) is 12.8 Å². The molecule has 0 radical (unpaired) electrons. The molecule has 160 valence electrons. The van der Waals surface area contributed by atoms with Gasteiger partial charge < -0.3 is 10.2 Å². The van der Waals surface area contributed by atoms with E-state index >= 15 is 0 Å². The van der Waals surface area contributed by atoms with Gasteiger partial charge in [0.1, 0.15) is 10.7 Å². The highest BCUT2D eigenvalue weighted by Crippen LogP contribution is 2.18. The van der Waals surface area contributed by atoms with E-state index in [4.69, 9.17) is 0 Å². The number of nitrogens with zero attached hydrogens (tertiary/aromatic N) is 1. The summed E-state index contributed by atoms with van der Waals surface area (Å²) >= 11 is 0. The maximum Gasteiger partial charge on any atom is 0.244 e. The Labute approximate surface area is 175 Å². The monoisotopic (exact) mass is 433 g/mol. The number of amides is 2. The summed E-state index contributed by atoms with van der Waals surface area (Å²) in [6.45, 7) is 2.55. The number of hydrogen-bond donors (Lipinski definition) is 2. The Bertz CT molecular complexity index is 1040. The van der Waals surface area contributed by atoms with Gasteiger partial charge in [0.05, 0.1) is 6.04 Å². The zero-order valence-electron chi connectivity index (χ0n) is 16.6. The molecule has 0 saturated carbocycles. The molecule has 1 aliphatic heterocycles. The minimum Gasteiger partial charge on any atom is -0.338 e. The normalized spacial score (nSPS) is 15.7. The summed E-state index contributed by atoms with van der Waals surface area (Å²) in [6, 6.07) is 10.9. The molecule has 1 saturated heterocycles. The van der Waals surface area contributed by atoms with Crippen LogP contribution in [0.5, 0.6) is 0 Å². The molecule has 3 rings (SSSR count). The third-order valence-corrected chi connectivity index (χ3v) is 6.41. The molecule has 1 atom stereocenters. The fourth-order valence-electron chi connectivity index (χ4n) is 3.26. The average molecular weight is 434 g/mol. The highest BCUT2D eigenvalue weighted by atomic mass is 32.2. The van der Waals surface area contributed by atoms with Gasteiger partial charge in [-0.05, 0) is 49.6 Å². The van der Waals surface area contributed by atoms with Crippen molar-refractivity contribution in [1.29, 1.82) is 0 Å². The van der Waals surface area contributed by atoms with Gasteiger partial charge in [-0.15, -0.1) is 0 Å². The number of sulfonamides is 1. The molecule has 0 aliphatic carbocycles. The summed E-state index contributed by atoms with van der Waals surface area (Å²) in [7, 11) is -4.19. The summed E-state index contributed by atoms with van der Waals surface area (Å²) in [5.41, 5.74) is 1.35. The second-order valence-electron chi connectivity index (χ2n) is 7.24. The molecule has 1 heterocycles. The van der Waals surface area contributed by atoms with Crippen molar-refractivity contribution in [1.82, 2.24) is 9.62 Å². The van der Waals surface area contributed by atoms with Gasteiger partial charge in [0.2, 0.25) is 21.8 Å². The summed E-state index contributed by atoms with van der Waals surface area (Å²) in [5, 5.41) is 2.66. The van der Waals surface area contributed by atoms with E-state index in [0.29, 0.717) is 25.2 Å². The molecule has 0 spiro atoms. The minimum atomic E-state index is -4.19. The van der Waals surface area contributed by atoms with Crippen molar-refractivity contribution < 1.29 is 22.4 Å². The molecule has 0 aromatic heterocycles. The van der Waals surface area contributed by atoms with Crippen LogP contribution in [0.15, 0.2) is 53.4 Å². The van der Waals surface area contributed by atoms with E-state index in [1.807, 2.05) is 6.07 Å². The van der Waals surface area contributed by atoms with Crippen molar-refractivity contribution in [3.8, 4) is 0 Å². The number of benzene rings is 2. The minimum absolute atomic E-state index is 0.117. The number of likely N-dealkylation sites (tertiary alicyclic amines) is 1. The van der Waals surface area contributed by atoms with Crippen molar-refractivity contribution in [2.24, 2.45) is 0 Å². The van der Waals surface area contributed by atoms with Crippen LogP contribution in [0.3, 0.4) is 0 Å². The molecule has 0 bridgehead atoms. The molecule has 2 aromatic rings. The molecule has 2 amide bonds. The van der Waals surface area contributed by atoms with E-state index in [-0.39, 0.29) is 5.91 Å². The summed E-state index contributed by atoms with van der Waals surface area (Å²) in [6.07, 6.45) is 2.43. The van der Waals surface area contributed by atoms with Crippen LogP contribution in [0.1, 0.15) is 31.7 Å². The lowest BCUT2D eigenvalue weighted by molar-refractivity contribution is -0.133. The van der Waals surface area contributed by atoms with Crippen LogP contribution < -0.4 is 10.0 Å². The van der Waals surface area contributed by atoms with Crippen molar-refractivity contribution in [3.63, 3.8) is 0 Å². The highest BCUT2D eigenvalue weighted by Gasteiger charge is 2.24. The average Bonchev–Trinajstić information content (AvgIpc) is 2.70. The topological polar surface area (TPSA) is 95.6 Å². The molecule has 0 unspecified atom stereocenters. The molecule has 1 fully saturated rings. The Morgan fingerprint density at radius 2 is 1.93 bits per heavy atom. The number of rotatable bonds is 7. The lowest BCUT2D eigenvalue weighted by atomic mass is 10.1. The predicted molar refractivity (Wildman–Crippen MR) is 111 cm³/mol. The van der Waals surface area contributed by atoms with Gasteiger partial charge in [-0.1, -0.05) is 24.3 Å². The fraction of sp³-hybridized carbons (Fsp3) is 0.333. The van der Waals surface area contributed by atoms with Crippen LogP contribution in [0.4, 0.5) is 10.1 Å². The third-order valence-electron chi connectivity index (χ3n) is 4.84. The maximum absolute atomic E-state index is 13.8. The van der Waals surface area contributed by atoms with E-state index in [2.05, 4.69) is 10.0 Å². The molecule has 30 heavy (non-hydrogen) atoms. The smallest absolute Gasteiger partial charge is 0.244 e. The molecular weight excluding hydrogens is 409 g/mol. The van der Waals surface area contributed by atoms with Crippen LogP contribution >= 0.6 is 0 Å². The van der Waals surface area contributed by atoms with Crippen LogP contribution in [-0.4, -0.2) is 37.7 Å². The first-order valence-corrected chi connectivity index (χ1v) is 11.2. The van der Waals surface area contributed by atoms with Crippen molar-refractivity contribution in [2.45, 2.75) is 43.7 Å². The number of piperidine rings is 1. The van der Waals surface area contributed by atoms with Gasteiger partial charge in [-0.2, -0.15) is 4.72 Å². The number of halogens is 1. The van der Waals surface area contributed by atoms with Gasteiger partial charge in [0.15, 0.2) is 0 Å². The first kappa shape index (κ1) is 21.9. The fourth-order valence-corrected chi connectivity index (χ4v) is 4.54. The van der Waals surface area contributed by atoms with Crippen molar-refractivity contribution >= 4 is 27.5 Å². The SMILES string of the molecule is C[C@H](NS(=O)(=O)c1ccccc1F)C(=O)Nc1cccc(CN2CCCCC2=O)c1. The molecule has 1 aliphatic rings. The van der Waals surface area contributed by atoms with E-state index in [9.17, 15) is 22.4 Å². The second-order valence-corrected chi connectivity index (χ2v) is 8.92. The lowest BCUT2D eigenvalue weighted by Gasteiger charge is -2.27. The van der Waals surface area contributed by atoms with E-state index in [1.54, 1.807) is 23.1 Å². The number of carbonyl (C=O) groups excluding carboxylic acids is 2. The summed E-state index contributed by atoms with van der Waals surface area (Å²) in [5.74, 6) is -1.36. The molecule has 2 aromatic carbocycles. The van der Waals surface area contributed by atoms with Gasteiger partial charge >= 0.3 is 0 Å². The van der Waals surface area contributed by atoms with E-state index < -0.39 is 32.7 Å². The van der Waals surface area contributed by atoms with Crippen LogP contribution in [0, 0.1) is 5.82 Å². The highest BCUT2D eigenvalue weighted by molar-refractivity contribution is 7.89. The van der Waals surface area contributed by atoms with Gasteiger partial charge in [0, 0.05) is 25.2 Å². The Morgan fingerprint density at radius 1 is 1.17 bits per heavy atom. The van der Waals surface area contributed by atoms with Crippen LogP contribution in [0.25, 0.3) is 0 Å². The second kappa shape index (κ2) is 9.36. The standard InChI is InChI=1S/C21H24FN3O4S/c1-15(24-30(28,29)19-10-3-2-9-18(19)22)21(27)23-17-8-6-7-16(13-17)14-25-12-5-4-11-20(25)26/h2-3,6-10,13,15,24H,4-5,11-12,14H2,1H3,(H,23,27)/t15-/m0/s1.